The SMILES string of the molecule is CCOC(=O)c1cccc(C)c1NC(=O)C(C)[N+]1(CC)CCCC1. The number of benzene rings is 1. The van der Waals surface area contributed by atoms with Gasteiger partial charge in [0.05, 0.1) is 37.5 Å². The highest BCUT2D eigenvalue weighted by molar-refractivity contribution is 6.03. The van der Waals surface area contributed by atoms with Crippen LogP contribution in [-0.4, -0.2) is 48.6 Å². The first-order chi connectivity index (χ1) is 11.4. The van der Waals surface area contributed by atoms with Crippen molar-refractivity contribution in [1.29, 1.82) is 0 Å². The van der Waals surface area contributed by atoms with E-state index in [2.05, 4.69) is 12.2 Å². The first kappa shape index (κ1) is 18.5. The summed E-state index contributed by atoms with van der Waals surface area (Å²) in [5.41, 5.74) is 1.86. The summed E-state index contributed by atoms with van der Waals surface area (Å²) in [6.45, 7) is 11.2. The number of para-hydroxylation sites is 1. The van der Waals surface area contributed by atoms with Gasteiger partial charge in [-0.2, -0.15) is 0 Å². The highest BCUT2D eigenvalue weighted by atomic mass is 16.5. The lowest BCUT2D eigenvalue weighted by Crippen LogP contribution is -2.56. The van der Waals surface area contributed by atoms with Crippen molar-refractivity contribution in [3.63, 3.8) is 0 Å². The predicted molar refractivity (Wildman–Crippen MR) is 95.0 cm³/mol. The second-order valence-corrected chi connectivity index (χ2v) is 6.57. The number of aryl methyl sites for hydroxylation is 1. The van der Waals surface area contributed by atoms with Gasteiger partial charge >= 0.3 is 5.97 Å². The zero-order valence-corrected chi connectivity index (χ0v) is 15.2. The molecule has 1 amide bonds. The summed E-state index contributed by atoms with van der Waals surface area (Å²) < 4.78 is 5.94. The Kier molecular flexibility index (Phi) is 5.99. The number of hydrogen-bond acceptors (Lipinski definition) is 3. The van der Waals surface area contributed by atoms with Crippen LogP contribution in [0.3, 0.4) is 0 Å². The number of nitrogens with zero attached hydrogens (tertiary/aromatic N) is 1. The third kappa shape index (κ3) is 3.61. The molecule has 0 saturated carbocycles. The van der Waals surface area contributed by atoms with Crippen LogP contribution in [0.4, 0.5) is 5.69 Å². The van der Waals surface area contributed by atoms with E-state index in [1.54, 1.807) is 19.1 Å². The zero-order valence-electron chi connectivity index (χ0n) is 15.2. The van der Waals surface area contributed by atoms with Gasteiger partial charge in [-0.1, -0.05) is 12.1 Å². The Morgan fingerprint density at radius 1 is 1.25 bits per heavy atom. The van der Waals surface area contributed by atoms with Crippen molar-refractivity contribution in [2.75, 3.05) is 31.6 Å². The van der Waals surface area contributed by atoms with Gasteiger partial charge in [0, 0.05) is 12.8 Å². The fraction of sp³-hybridized carbons (Fsp3) is 0.579. The summed E-state index contributed by atoms with van der Waals surface area (Å²) >= 11 is 0. The van der Waals surface area contributed by atoms with E-state index in [1.807, 2.05) is 19.9 Å². The number of carbonyl (C=O) groups is 2. The van der Waals surface area contributed by atoms with Gasteiger partial charge in [0.1, 0.15) is 0 Å². The normalized spacial score (nSPS) is 17.3. The number of esters is 1. The molecule has 0 aliphatic carbocycles. The van der Waals surface area contributed by atoms with Crippen LogP contribution in [0.15, 0.2) is 18.2 Å². The first-order valence-electron chi connectivity index (χ1n) is 8.88. The summed E-state index contributed by atoms with van der Waals surface area (Å²) in [4.78, 5) is 25.0. The molecule has 1 N–H and O–H groups in total. The number of nitrogens with one attached hydrogen (secondary N) is 1. The Labute approximate surface area is 144 Å². The van der Waals surface area contributed by atoms with E-state index in [0.717, 1.165) is 29.7 Å². The molecular formula is C19H29N2O3+. The highest BCUT2D eigenvalue weighted by Crippen LogP contribution is 2.26. The van der Waals surface area contributed by atoms with E-state index >= 15 is 0 Å². The van der Waals surface area contributed by atoms with Crippen molar-refractivity contribution in [2.24, 2.45) is 0 Å². The van der Waals surface area contributed by atoms with Crippen LogP contribution in [0.1, 0.15) is 49.5 Å². The maximum atomic E-state index is 12.9. The smallest absolute Gasteiger partial charge is 0.340 e. The van der Waals surface area contributed by atoms with E-state index in [4.69, 9.17) is 4.74 Å². The Hall–Kier alpha value is -1.88. The van der Waals surface area contributed by atoms with E-state index in [1.165, 1.54) is 12.8 Å². The summed E-state index contributed by atoms with van der Waals surface area (Å²) in [5.74, 6) is -0.427. The lowest BCUT2D eigenvalue weighted by molar-refractivity contribution is -0.928. The molecule has 1 unspecified atom stereocenters. The molecule has 24 heavy (non-hydrogen) atoms. The van der Waals surface area contributed by atoms with Crippen molar-refractivity contribution < 1.29 is 18.8 Å². The number of amides is 1. The number of rotatable bonds is 6. The lowest BCUT2D eigenvalue weighted by atomic mass is 10.1. The molecular weight excluding hydrogens is 304 g/mol. The van der Waals surface area contributed by atoms with Crippen LogP contribution in [-0.2, 0) is 9.53 Å². The molecule has 1 aromatic rings. The topological polar surface area (TPSA) is 55.4 Å². The fourth-order valence-corrected chi connectivity index (χ4v) is 3.63. The van der Waals surface area contributed by atoms with Gasteiger partial charge < -0.3 is 14.5 Å². The van der Waals surface area contributed by atoms with Gasteiger partial charge in [0.2, 0.25) is 0 Å². The summed E-state index contributed by atoms with van der Waals surface area (Å²) in [5, 5.41) is 3.00. The van der Waals surface area contributed by atoms with Crippen LogP contribution < -0.4 is 5.32 Å². The molecule has 1 atom stereocenters. The third-order valence-electron chi connectivity index (χ3n) is 5.30. The Balaban J connectivity index is 2.24. The van der Waals surface area contributed by atoms with Crippen molar-refractivity contribution in [3.8, 4) is 0 Å². The highest BCUT2D eigenvalue weighted by Gasteiger charge is 2.40. The monoisotopic (exact) mass is 333 g/mol. The Morgan fingerprint density at radius 3 is 2.50 bits per heavy atom. The predicted octanol–water partition coefficient (Wildman–Crippen LogP) is 3.13. The van der Waals surface area contributed by atoms with Crippen molar-refractivity contribution in [3.05, 3.63) is 29.3 Å². The number of anilines is 1. The molecule has 132 valence electrons. The maximum Gasteiger partial charge on any atom is 0.340 e. The average molecular weight is 333 g/mol. The minimum atomic E-state index is -0.398. The molecule has 1 aliphatic heterocycles. The van der Waals surface area contributed by atoms with Crippen molar-refractivity contribution >= 4 is 17.6 Å². The van der Waals surface area contributed by atoms with Gasteiger partial charge in [-0.25, -0.2) is 4.79 Å². The first-order valence-corrected chi connectivity index (χ1v) is 8.88. The molecule has 2 rings (SSSR count). The van der Waals surface area contributed by atoms with Crippen LogP contribution in [0.5, 0.6) is 0 Å². The molecule has 0 aromatic heterocycles. The van der Waals surface area contributed by atoms with Crippen LogP contribution in [0.25, 0.3) is 0 Å². The molecule has 5 nitrogen and oxygen atoms in total. The summed E-state index contributed by atoms with van der Waals surface area (Å²) in [6.07, 6.45) is 2.34. The zero-order chi connectivity index (χ0) is 17.7. The standard InChI is InChI=1S/C19H28N2O3/c1-5-21(12-7-8-13-21)15(4)18(22)20-17-14(3)10-9-11-16(17)19(23)24-6-2/h9-11,15H,5-8,12-13H2,1-4H3/p+1. The van der Waals surface area contributed by atoms with Gasteiger partial charge in [0.15, 0.2) is 6.04 Å². The van der Waals surface area contributed by atoms with Crippen molar-refractivity contribution in [1.82, 2.24) is 0 Å². The van der Waals surface area contributed by atoms with E-state index in [0.29, 0.717) is 17.9 Å². The second-order valence-electron chi connectivity index (χ2n) is 6.57. The molecule has 5 heteroatoms. The molecule has 1 aromatic carbocycles. The lowest BCUT2D eigenvalue weighted by Gasteiger charge is -2.38. The minimum Gasteiger partial charge on any atom is -0.462 e. The van der Waals surface area contributed by atoms with Gasteiger partial charge in [-0.05, 0) is 39.3 Å². The Morgan fingerprint density at radius 2 is 1.92 bits per heavy atom. The summed E-state index contributed by atoms with van der Waals surface area (Å²) in [7, 11) is 0. The van der Waals surface area contributed by atoms with Crippen LogP contribution >= 0.6 is 0 Å². The van der Waals surface area contributed by atoms with E-state index in [9.17, 15) is 9.59 Å². The van der Waals surface area contributed by atoms with E-state index in [-0.39, 0.29) is 11.9 Å². The van der Waals surface area contributed by atoms with Crippen LogP contribution in [0.2, 0.25) is 0 Å². The van der Waals surface area contributed by atoms with Crippen LogP contribution in [0, 0.1) is 6.92 Å². The molecule has 0 bridgehead atoms. The third-order valence-corrected chi connectivity index (χ3v) is 5.30. The number of ether oxygens (including phenoxy) is 1. The van der Waals surface area contributed by atoms with Gasteiger partial charge in [-0.15, -0.1) is 0 Å². The second kappa shape index (κ2) is 7.79. The number of quaternary nitrogens is 1. The molecule has 1 heterocycles. The number of carbonyl (C=O) groups excluding carboxylic acids is 2. The van der Waals surface area contributed by atoms with Crippen molar-refractivity contribution in [2.45, 2.75) is 46.6 Å². The largest absolute Gasteiger partial charge is 0.462 e. The maximum absolute atomic E-state index is 12.9. The molecule has 0 radical (unpaired) electrons. The number of likely N-dealkylation sites (N-methyl/N-ethyl adjacent to an activating group) is 1. The summed E-state index contributed by atoms with van der Waals surface area (Å²) in [6, 6.07) is 5.27. The quantitative estimate of drug-likeness (QED) is 0.643. The molecule has 1 saturated heterocycles. The minimum absolute atomic E-state index is 0.0291. The fourth-order valence-electron chi connectivity index (χ4n) is 3.63. The average Bonchev–Trinajstić information content (AvgIpc) is 3.06. The van der Waals surface area contributed by atoms with Gasteiger partial charge in [-0.3, -0.25) is 4.79 Å². The molecule has 0 spiro atoms. The van der Waals surface area contributed by atoms with E-state index < -0.39 is 5.97 Å². The van der Waals surface area contributed by atoms with Gasteiger partial charge in [0.25, 0.3) is 5.91 Å². The molecule has 1 aliphatic rings. The Bertz CT molecular complexity index is 607. The number of hydrogen-bond donors (Lipinski definition) is 1. The molecule has 1 fully saturated rings. The number of likely N-dealkylation sites (tertiary alicyclic amines) is 1.